The minimum absolute atomic E-state index is 0.285. The first-order chi connectivity index (χ1) is 10.2. The van der Waals surface area contributed by atoms with Crippen molar-refractivity contribution >= 4 is 11.3 Å². The number of hydrogen-bond acceptors (Lipinski definition) is 6. The Morgan fingerprint density at radius 1 is 1.24 bits per heavy atom. The summed E-state index contributed by atoms with van der Waals surface area (Å²) in [5, 5.41) is 6.98. The molecule has 0 aliphatic rings. The van der Waals surface area contributed by atoms with Crippen molar-refractivity contribution in [1.29, 1.82) is 0 Å². The van der Waals surface area contributed by atoms with Crippen LogP contribution in [0.5, 0.6) is 0 Å². The zero-order chi connectivity index (χ0) is 14.7. The molecule has 0 saturated carbocycles. The molecule has 0 aliphatic heterocycles. The minimum Gasteiger partial charge on any atom is -0.338 e. The molecule has 21 heavy (non-hydrogen) atoms. The van der Waals surface area contributed by atoms with Gasteiger partial charge >= 0.3 is 0 Å². The van der Waals surface area contributed by atoms with Gasteiger partial charge in [0.25, 0.3) is 0 Å². The SMILES string of the molecule is Cc1csc(Cc2noc(C(N)Cc3ccccc3)n2)n1. The Bertz CT molecular complexity index is 707. The lowest BCUT2D eigenvalue weighted by Gasteiger charge is -2.05. The summed E-state index contributed by atoms with van der Waals surface area (Å²) in [6.45, 7) is 1.97. The summed E-state index contributed by atoms with van der Waals surface area (Å²) < 4.78 is 5.27. The zero-order valence-corrected chi connectivity index (χ0v) is 12.5. The van der Waals surface area contributed by atoms with Gasteiger partial charge < -0.3 is 10.3 Å². The van der Waals surface area contributed by atoms with Crippen LogP contribution in [0.4, 0.5) is 0 Å². The lowest BCUT2D eigenvalue weighted by molar-refractivity contribution is 0.350. The van der Waals surface area contributed by atoms with Crippen molar-refractivity contribution in [2.24, 2.45) is 5.73 Å². The lowest BCUT2D eigenvalue weighted by Crippen LogP contribution is -2.13. The highest BCUT2D eigenvalue weighted by Gasteiger charge is 2.16. The van der Waals surface area contributed by atoms with Crippen molar-refractivity contribution in [3.8, 4) is 0 Å². The van der Waals surface area contributed by atoms with Gasteiger partial charge in [-0.25, -0.2) is 4.98 Å². The van der Waals surface area contributed by atoms with Crippen molar-refractivity contribution in [2.45, 2.75) is 25.8 Å². The standard InChI is InChI=1S/C15H16N4OS/c1-10-9-21-14(17-10)8-13-18-15(20-19-13)12(16)7-11-5-3-2-4-6-11/h2-6,9,12H,7-8,16H2,1H3. The molecular weight excluding hydrogens is 284 g/mol. The molecule has 5 nitrogen and oxygen atoms in total. The maximum absolute atomic E-state index is 6.13. The van der Waals surface area contributed by atoms with E-state index in [1.54, 1.807) is 11.3 Å². The third-order valence-corrected chi connectivity index (χ3v) is 4.04. The summed E-state index contributed by atoms with van der Waals surface area (Å²) >= 11 is 1.60. The van der Waals surface area contributed by atoms with Gasteiger partial charge in [0.05, 0.1) is 12.5 Å². The van der Waals surface area contributed by atoms with Crippen molar-refractivity contribution in [2.75, 3.05) is 0 Å². The number of benzene rings is 1. The van der Waals surface area contributed by atoms with E-state index in [1.807, 2.05) is 42.6 Å². The molecular formula is C15H16N4OS. The average molecular weight is 300 g/mol. The van der Waals surface area contributed by atoms with E-state index in [4.69, 9.17) is 10.3 Å². The van der Waals surface area contributed by atoms with Crippen LogP contribution < -0.4 is 5.73 Å². The molecule has 1 atom stereocenters. The largest absolute Gasteiger partial charge is 0.338 e. The number of nitrogens with two attached hydrogens (primary N) is 1. The molecule has 0 fully saturated rings. The molecule has 2 aromatic heterocycles. The van der Waals surface area contributed by atoms with E-state index in [1.165, 1.54) is 0 Å². The summed E-state index contributed by atoms with van der Waals surface area (Å²) in [4.78, 5) is 8.77. The van der Waals surface area contributed by atoms with Gasteiger partial charge in [0.1, 0.15) is 5.01 Å². The Hall–Kier alpha value is -2.05. The van der Waals surface area contributed by atoms with Gasteiger partial charge in [0.15, 0.2) is 5.82 Å². The summed E-state index contributed by atoms with van der Waals surface area (Å²) in [7, 11) is 0. The van der Waals surface area contributed by atoms with Gasteiger partial charge in [0, 0.05) is 11.1 Å². The third kappa shape index (κ3) is 3.53. The fraction of sp³-hybridized carbons (Fsp3) is 0.267. The van der Waals surface area contributed by atoms with Crippen LogP contribution in [0.25, 0.3) is 0 Å². The monoisotopic (exact) mass is 300 g/mol. The molecule has 0 spiro atoms. The first-order valence-corrected chi connectivity index (χ1v) is 7.61. The summed E-state index contributed by atoms with van der Waals surface area (Å²) in [5.74, 6) is 1.10. The number of aromatic nitrogens is 3. The lowest BCUT2D eigenvalue weighted by atomic mass is 10.1. The molecule has 0 radical (unpaired) electrons. The van der Waals surface area contributed by atoms with Crippen LogP contribution >= 0.6 is 11.3 Å². The van der Waals surface area contributed by atoms with Crippen LogP contribution in [0.2, 0.25) is 0 Å². The molecule has 2 heterocycles. The number of nitrogens with zero attached hydrogens (tertiary/aromatic N) is 3. The van der Waals surface area contributed by atoms with Gasteiger partial charge in [-0.1, -0.05) is 35.5 Å². The third-order valence-electron chi connectivity index (χ3n) is 3.08. The van der Waals surface area contributed by atoms with Crippen LogP contribution in [-0.4, -0.2) is 15.1 Å². The second-order valence-corrected chi connectivity index (χ2v) is 5.85. The fourth-order valence-electron chi connectivity index (χ4n) is 2.06. The quantitative estimate of drug-likeness (QED) is 0.783. The van der Waals surface area contributed by atoms with Crippen LogP contribution in [0.3, 0.4) is 0 Å². The Labute approximate surface area is 126 Å². The Kier molecular flexibility index (Phi) is 4.08. The molecule has 0 amide bonds. The maximum atomic E-state index is 6.13. The van der Waals surface area contributed by atoms with Crippen LogP contribution in [0.1, 0.15) is 34.0 Å². The van der Waals surface area contributed by atoms with Crippen molar-refractivity contribution in [3.63, 3.8) is 0 Å². The Balaban J connectivity index is 1.66. The molecule has 3 rings (SSSR count). The first kappa shape index (κ1) is 13.9. The van der Waals surface area contributed by atoms with Crippen LogP contribution in [0.15, 0.2) is 40.2 Å². The molecule has 3 aromatic rings. The highest BCUT2D eigenvalue weighted by molar-refractivity contribution is 7.09. The predicted octanol–water partition coefficient (Wildman–Crippen LogP) is 2.67. The topological polar surface area (TPSA) is 77.8 Å². The fourth-order valence-corrected chi connectivity index (χ4v) is 2.83. The van der Waals surface area contributed by atoms with Gasteiger partial charge in [-0.15, -0.1) is 11.3 Å². The molecule has 1 unspecified atom stereocenters. The van der Waals surface area contributed by atoms with E-state index in [0.29, 0.717) is 24.6 Å². The first-order valence-electron chi connectivity index (χ1n) is 6.73. The average Bonchev–Trinajstić information content (AvgIpc) is 3.10. The molecule has 0 saturated heterocycles. The van der Waals surface area contributed by atoms with Crippen molar-refractivity contribution < 1.29 is 4.52 Å². The minimum atomic E-state index is -0.285. The second-order valence-electron chi connectivity index (χ2n) is 4.90. The summed E-state index contributed by atoms with van der Waals surface area (Å²) in [6.07, 6.45) is 1.26. The Morgan fingerprint density at radius 2 is 2.05 bits per heavy atom. The van der Waals surface area contributed by atoms with Crippen molar-refractivity contribution in [1.82, 2.24) is 15.1 Å². The van der Waals surface area contributed by atoms with E-state index in [0.717, 1.165) is 16.3 Å². The van der Waals surface area contributed by atoms with Crippen LogP contribution in [-0.2, 0) is 12.8 Å². The van der Waals surface area contributed by atoms with Crippen molar-refractivity contribution in [3.05, 3.63) is 63.7 Å². The van der Waals surface area contributed by atoms with E-state index in [-0.39, 0.29) is 6.04 Å². The van der Waals surface area contributed by atoms with Gasteiger partial charge in [-0.3, -0.25) is 0 Å². The summed E-state index contributed by atoms with van der Waals surface area (Å²) in [5.41, 5.74) is 8.30. The normalized spacial score (nSPS) is 12.5. The van der Waals surface area contributed by atoms with E-state index >= 15 is 0 Å². The maximum Gasteiger partial charge on any atom is 0.243 e. The smallest absolute Gasteiger partial charge is 0.243 e. The van der Waals surface area contributed by atoms with E-state index in [2.05, 4.69) is 15.1 Å². The molecule has 1 aromatic carbocycles. The Morgan fingerprint density at radius 3 is 2.76 bits per heavy atom. The van der Waals surface area contributed by atoms with Gasteiger partial charge in [-0.05, 0) is 18.9 Å². The second kappa shape index (κ2) is 6.15. The number of aryl methyl sites for hydroxylation is 1. The van der Waals surface area contributed by atoms with E-state index in [9.17, 15) is 0 Å². The summed E-state index contributed by atoms with van der Waals surface area (Å²) in [6, 6.07) is 9.76. The predicted molar refractivity (Wildman–Crippen MR) is 81.0 cm³/mol. The highest BCUT2D eigenvalue weighted by Crippen LogP contribution is 2.17. The highest BCUT2D eigenvalue weighted by atomic mass is 32.1. The molecule has 2 N–H and O–H groups in total. The zero-order valence-electron chi connectivity index (χ0n) is 11.7. The molecule has 0 bridgehead atoms. The van der Waals surface area contributed by atoms with Crippen LogP contribution in [0, 0.1) is 6.92 Å². The molecule has 108 valence electrons. The van der Waals surface area contributed by atoms with Gasteiger partial charge in [-0.2, -0.15) is 4.98 Å². The number of hydrogen-bond donors (Lipinski definition) is 1. The van der Waals surface area contributed by atoms with Gasteiger partial charge in [0.2, 0.25) is 5.89 Å². The molecule has 6 heteroatoms. The number of thiazole rings is 1. The van der Waals surface area contributed by atoms with E-state index < -0.39 is 0 Å². The number of rotatable bonds is 5. The molecule has 0 aliphatic carbocycles.